The molecule has 0 saturated heterocycles. The lowest BCUT2D eigenvalue weighted by atomic mass is 9.95. The Hall–Kier alpha value is -2.14. The predicted molar refractivity (Wildman–Crippen MR) is 71.3 cm³/mol. The van der Waals surface area contributed by atoms with Crippen molar-refractivity contribution in [2.45, 2.75) is 36.8 Å². The smallest absolute Gasteiger partial charge is 0.246 e. The number of rotatable bonds is 4. The molecule has 27 heavy (non-hydrogen) atoms. The maximum Gasteiger partial charge on any atom is 0.460 e. The Morgan fingerprint density at radius 2 is 1.22 bits per heavy atom. The molecule has 12 heteroatoms. The summed E-state index contributed by atoms with van der Waals surface area (Å²) in [5.74, 6) is -28.1. The highest BCUT2D eigenvalue weighted by Gasteiger charge is 2.87. The molecule has 0 bridgehead atoms. The number of hydrogen-bond donors (Lipinski definition) is 0. The molecule has 1 heterocycles. The molecular weight excluding hydrogens is 403 g/mol. The molecule has 0 atom stereocenters. The van der Waals surface area contributed by atoms with E-state index in [0.29, 0.717) is 5.56 Å². The van der Waals surface area contributed by atoms with Gasteiger partial charge in [0.25, 0.3) is 0 Å². The minimum absolute atomic E-state index is 0.130. The molecule has 2 aromatic rings. The van der Waals surface area contributed by atoms with Crippen LogP contribution in [0.5, 0.6) is 0 Å². The Morgan fingerprint density at radius 1 is 0.667 bits per heavy atom. The van der Waals surface area contributed by atoms with E-state index in [9.17, 15) is 48.3 Å². The van der Waals surface area contributed by atoms with Gasteiger partial charge in [0.1, 0.15) is 5.69 Å². The molecule has 0 spiro atoms. The van der Waals surface area contributed by atoms with Crippen LogP contribution in [0.4, 0.5) is 48.3 Å². The zero-order valence-electron chi connectivity index (χ0n) is 13.0. The molecule has 2 rings (SSSR count). The molecule has 0 aliphatic carbocycles. The summed E-state index contributed by atoms with van der Waals surface area (Å²) in [6, 6.07) is 4.66. The number of benzene rings is 1. The van der Waals surface area contributed by atoms with Gasteiger partial charge in [-0.2, -0.15) is 48.3 Å². The molecule has 0 saturated carbocycles. The first-order chi connectivity index (χ1) is 12.0. The van der Waals surface area contributed by atoms with Gasteiger partial charge in [-0.15, -0.1) is 0 Å². The van der Waals surface area contributed by atoms with Crippen LogP contribution in [0, 0.1) is 6.92 Å². The number of aryl methyl sites for hydroxylation is 1. The molecule has 0 unspecified atom stereocenters. The van der Waals surface area contributed by atoms with Crippen LogP contribution in [0.25, 0.3) is 10.9 Å². The highest BCUT2D eigenvalue weighted by molar-refractivity contribution is 5.79. The number of hydrogen-bond acceptors (Lipinski definition) is 1. The number of pyridine rings is 1. The van der Waals surface area contributed by atoms with Crippen LogP contribution in [0.2, 0.25) is 0 Å². The molecule has 150 valence electrons. The average molecular weight is 411 g/mol. The molecule has 0 aliphatic heterocycles. The van der Waals surface area contributed by atoms with Crippen molar-refractivity contribution in [1.82, 2.24) is 4.98 Å². The van der Waals surface area contributed by atoms with Crippen molar-refractivity contribution >= 4 is 10.9 Å². The normalized spacial score (nSPS) is 14.7. The summed E-state index contributed by atoms with van der Waals surface area (Å²) in [5, 5.41) is 0.130. The summed E-state index contributed by atoms with van der Waals surface area (Å²) in [5.41, 5.74) is -1.86. The fourth-order valence-electron chi connectivity index (χ4n) is 2.15. The molecule has 1 aromatic carbocycles. The van der Waals surface area contributed by atoms with Gasteiger partial charge >= 0.3 is 29.9 Å². The minimum atomic E-state index is -7.45. The summed E-state index contributed by atoms with van der Waals surface area (Å²) in [6.45, 7) is 1.58. The third kappa shape index (κ3) is 2.98. The van der Waals surface area contributed by atoms with Gasteiger partial charge in [0.2, 0.25) is 0 Å². The Labute approximate surface area is 143 Å². The van der Waals surface area contributed by atoms with Gasteiger partial charge in [0.15, 0.2) is 0 Å². The Kier molecular flexibility index (Phi) is 4.65. The largest absolute Gasteiger partial charge is 0.460 e. The maximum absolute atomic E-state index is 14.0. The van der Waals surface area contributed by atoms with E-state index >= 15 is 0 Å². The van der Waals surface area contributed by atoms with Crippen molar-refractivity contribution in [3.63, 3.8) is 0 Å². The quantitative estimate of drug-likeness (QED) is 0.554. The Bertz CT molecular complexity index is 854. The van der Waals surface area contributed by atoms with Gasteiger partial charge in [0.05, 0.1) is 5.52 Å². The van der Waals surface area contributed by atoms with Crippen LogP contribution in [0.3, 0.4) is 0 Å². The highest BCUT2D eigenvalue weighted by atomic mass is 19.4. The van der Waals surface area contributed by atoms with Crippen molar-refractivity contribution < 1.29 is 48.3 Å². The number of fused-ring (bicyclic) bond motifs is 1. The number of alkyl halides is 11. The van der Waals surface area contributed by atoms with E-state index in [1.807, 2.05) is 0 Å². The zero-order valence-corrected chi connectivity index (χ0v) is 13.0. The fourth-order valence-corrected chi connectivity index (χ4v) is 2.15. The summed E-state index contributed by atoms with van der Waals surface area (Å²) >= 11 is 0. The SMILES string of the molecule is Cc1ccc2nc(C(F)(F)C(F)(F)C(F)(F)C(F)(F)C(F)(F)F)ccc2c1. The maximum atomic E-state index is 14.0. The molecule has 1 nitrogen and oxygen atoms in total. The second kappa shape index (κ2) is 5.93. The lowest BCUT2D eigenvalue weighted by Gasteiger charge is -2.37. The summed E-state index contributed by atoms with van der Waals surface area (Å²) in [4.78, 5) is 3.02. The summed E-state index contributed by atoms with van der Waals surface area (Å²) in [7, 11) is 0. The van der Waals surface area contributed by atoms with E-state index in [2.05, 4.69) is 4.98 Å². The highest BCUT2D eigenvalue weighted by Crippen LogP contribution is 2.59. The standard InChI is InChI=1S/C15H8F11N/c1-7-2-4-9-8(6-7)3-5-10(27-9)11(16,17)12(18,19)13(20,21)14(22,23)15(24,25)26/h2-6H,1H3. The first-order valence-electron chi connectivity index (χ1n) is 6.92. The third-order valence-corrected chi connectivity index (χ3v) is 3.71. The van der Waals surface area contributed by atoms with E-state index < -0.39 is 35.6 Å². The van der Waals surface area contributed by atoms with Gasteiger partial charge < -0.3 is 0 Å². The first-order valence-corrected chi connectivity index (χ1v) is 6.92. The predicted octanol–water partition coefficient (Wildman–Crippen LogP) is 6.10. The lowest BCUT2D eigenvalue weighted by Crippen LogP contribution is -2.65. The van der Waals surface area contributed by atoms with Crippen molar-refractivity contribution in [1.29, 1.82) is 0 Å². The second-order valence-electron chi connectivity index (χ2n) is 5.69. The summed E-state index contributed by atoms with van der Waals surface area (Å²) in [6.07, 6.45) is -7.19. The van der Waals surface area contributed by atoms with Gasteiger partial charge in [0, 0.05) is 5.39 Å². The monoisotopic (exact) mass is 411 g/mol. The fraction of sp³-hybridized carbons (Fsp3) is 0.400. The molecule has 0 aliphatic rings. The molecule has 0 radical (unpaired) electrons. The van der Waals surface area contributed by atoms with Gasteiger partial charge in [-0.1, -0.05) is 17.7 Å². The van der Waals surface area contributed by atoms with Crippen LogP contribution < -0.4 is 0 Å². The second-order valence-corrected chi connectivity index (χ2v) is 5.69. The zero-order chi connectivity index (χ0) is 21.1. The van der Waals surface area contributed by atoms with Crippen molar-refractivity contribution in [2.24, 2.45) is 0 Å². The molecular formula is C15H8F11N. The van der Waals surface area contributed by atoms with E-state index in [4.69, 9.17) is 0 Å². The average Bonchev–Trinajstić information content (AvgIpc) is 2.52. The van der Waals surface area contributed by atoms with Crippen molar-refractivity contribution in [2.75, 3.05) is 0 Å². The Balaban J connectivity index is 2.61. The Morgan fingerprint density at radius 3 is 1.74 bits per heavy atom. The van der Waals surface area contributed by atoms with Gasteiger partial charge in [-0.25, -0.2) is 4.98 Å². The molecule has 1 aromatic heterocycles. The topological polar surface area (TPSA) is 12.9 Å². The van der Waals surface area contributed by atoms with E-state index in [1.165, 1.54) is 12.1 Å². The number of halogens is 11. The van der Waals surface area contributed by atoms with Crippen LogP contribution in [0.15, 0.2) is 30.3 Å². The van der Waals surface area contributed by atoms with Crippen LogP contribution in [-0.2, 0) is 5.92 Å². The third-order valence-electron chi connectivity index (χ3n) is 3.71. The molecule has 0 amide bonds. The lowest BCUT2D eigenvalue weighted by molar-refractivity contribution is -0.425. The molecule has 0 N–H and O–H groups in total. The van der Waals surface area contributed by atoms with E-state index in [0.717, 1.165) is 12.1 Å². The van der Waals surface area contributed by atoms with Gasteiger partial charge in [-0.3, -0.25) is 0 Å². The van der Waals surface area contributed by atoms with Crippen LogP contribution in [0.1, 0.15) is 11.3 Å². The van der Waals surface area contributed by atoms with Crippen molar-refractivity contribution in [3.05, 3.63) is 41.6 Å². The van der Waals surface area contributed by atoms with Crippen LogP contribution >= 0.6 is 0 Å². The number of aromatic nitrogens is 1. The van der Waals surface area contributed by atoms with Crippen LogP contribution in [-0.4, -0.2) is 28.9 Å². The van der Waals surface area contributed by atoms with E-state index in [1.54, 1.807) is 6.92 Å². The van der Waals surface area contributed by atoms with Crippen molar-refractivity contribution in [3.8, 4) is 0 Å². The van der Waals surface area contributed by atoms with E-state index in [-0.39, 0.29) is 17.0 Å². The molecule has 0 fully saturated rings. The first kappa shape index (κ1) is 21.2. The summed E-state index contributed by atoms with van der Waals surface area (Å²) < 4.78 is 144. The minimum Gasteiger partial charge on any atom is -0.246 e. The number of nitrogens with zero attached hydrogens (tertiary/aromatic N) is 1. The van der Waals surface area contributed by atoms with Gasteiger partial charge in [-0.05, 0) is 25.1 Å².